The van der Waals surface area contributed by atoms with Crippen LogP contribution in [-0.4, -0.2) is 38.9 Å². The molecule has 0 aliphatic carbocycles. The van der Waals surface area contributed by atoms with Crippen molar-refractivity contribution in [2.75, 3.05) is 7.05 Å². The minimum Gasteiger partial charge on any atom is -0.478 e. The summed E-state index contributed by atoms with van der Waals surface area (Å²) in [5.74, 6) is -1.43. The number of carbonyl (C=O) groups is 2. The van der Waals surface area contributed by atoms with Gasteiger partial charge in [0.15, 0.2) is 5.82 Å². The molecule has 3 N–H and O–H groups in total. The van der Waals surface area contributed by atoms with Crippen molar-refractivity contribution in [3.05, 3.63) is 111 Å². The highest BCUT2D eigenvalue weighted by Gasteiger charge is 2.15. The Morgan fingerprint density at radius 1 is 0.972 bits per heavy atom. The van der Waals surface area contributed by atoms with Crippen LogP contribution in [0.2, 0.25) is 0 Å². The highest BCUT2D eigenvalue weighted by Crippen LogP contribution is 2.17. The van der Waals surface area contributed by atoms with Crippen LogP contribution < -0.4 is 10.9 Å². The number of H-pyrrole nitrogens is 1. The lowest BCUT2D eigenvalue weighted by molar-refractivity contribution is 0.0696. The van der Waals surface area contributed by atoms with Crippen LogP contribution in [0.1, 0.15) is 50.2 Å². The maximum absolute atomic E-state index is 13.0. The summed E-state index contributed by atoms with van der Waals surface area (Å²) in [5.41, 5.74) is 4.24. The van der Waals surface area contributed by atoms with E-state index in [2.05, 4.69) is 22.2 Å². The largest absolute Gasteiger partial charge is 0.478 e. The van der Waals surface area contributed by atoms with E-state index in [1.165, 1.54) is 5.56 Å². The minimum atomic E-state index is -0.962. The molecule has 4 aromatic rings. The molecule has 0 fully saturated rings. The van der Waals surface area contributed by atoms with Crippen LogP contribution in [0.3, 0.4) is 0 Å². The van der Waals surface area contributed by atoms with E-state index in [1.54, 1.807) is 30.3 Å². The third-order valence-corrected chi connectivity index (χ3v) is 5.98. The summed E-state index contributed by atoms with van der Waals surface area (Å²) in [6.07, 6.45) is 0.913. The van der Waals surface area contributed by atoms with Crippen LogP contribution >= 0.6 is 0 Å². The summed E-state index contributed by atoms with van der Waals surface area (Å²) in [7, 11) is 1.92. The quantitative estimate of drug-likeness (QED) is 0.333. The maximum Gasteiger partial charge on any atom is 0.335 e. The Balaban J connectivity index is 1.48. The van der Waals surface area contributed by atoms with Gasteiger partial charge in [-0.3, -0.25) is 14.5 Å². The van der Waals surface area contributed by atoms with Crippen LogP contribution in [0.4, 0.5) is 0 Å². The van der Waals surface area contributed by atoms with Crippen molar-refractivity contribution in [3.63, 3.8) is 0 Å². The maximum atomic E-state index is 13.0. The Labute approximate surface area is 208 Å². The lowest BCUT2D eigenvalue weighted by atomic mass is 10.1. The van der Waals surface area contributed by atoms with Gasteiger partial charge in [-0.05, 0) is 53.9 Å². The van der Waals surface area contributed by atoms with Gasteiger partial charge < -0.3 is 15.4 Å². The Hall–Kier alpha value is -4.30. The Morgan fingerprint density at radius 3 is 2.42 bits per heavy atom. The van der Waals surface area contributed by atoms with Gasteiger partial charge in [0.05, 0.1) is 16.5 Å². The molecule has 0 saturated carbocycles. The highest BCUT2D eigenvalue weighted by atomic mass is 16.4. The number of carboxylic acids is 1. The molecule has 4 rings (SSSR count). The first-order valence-corrected chi connectivity index (χ1v) is 11.7. The van der Waals surface area contributed by atoms with E-state index < -0.39 is 11.9 Å². The zero-order valence-electron chi connectivity index (χ0n) is 20.2. The zero-order chi connectivity index (χ0) is 25.7. The molecule has 0 aliphatic rings. The molecule has 8 heteroatoms. The summed E-state index contributed by atoms with van der Waals surface area (Å²) in [5, 5.41) is 12.3. The van der Waals surface area contributed by atoms with Crippen molar-refractivity contribution < 1.29 is 14.7 Å². The van der Waals surface area contributed by atoms with Crippen molar-refractivity contribution in [1.82, 2.24) is 20.2 Å². The molecule has 0 radical (unpaired) electrons. The normalized spacial score (nSPS) is 11.1. The molecule has 0 saturated heterocycles. The SMILES string of the molecule is CCc1cccc(CNC(=O)c2nc3cccc(CN(C)Cc4ccc(C(=O)O)cc4)c3c(=O)[nH]2)c1. The molecule has 3 aromatic carbocycles. The number of fused-ring (bicyclic) bond motifs is 1. The van der Waals surface area contributed by atoms with Gasteiger partial charge >= 0.3 is 5.97 Å². The first-order chi connectivity index (χ1) is 17.3. The number of amides is 1. The fourth-order valence-electron chi connectivity index (χ4n) is 4.14. The van der Waals surface area contributed by atoms with E-state index in [-0.39, 0.29) is 16.9 Å². The molecular weight excluding hydrogens is 456 g/mol. The fourth-order valence-corrected chi connectivity index (χ4v) is 4.14. The van der Waals surface area contributed by atoms with E-state index >= 15 is 0 Å². The molecule has 1 aromatic heterocycles. The van der Waals surface area contributed by atoms with Gasteiger partial charge in [-0.25, -0.2) is 9.78 Å². The number of aromatic carboxylic acids is 1. The lowest BCUT2D eigenvalue weighted by Gasteiger charge is -2.18. The van der Waals surface area contributed by atoms with Crippen LogP contribution in [0.15, 0.2) is 71.5 Å². The van der Waals surface area contributed by atoms with Crippen molar-refractivity contribution in [2.45, 2.75) is 33.0 Å². The van der Waals surface area contributed by atoms with E-state index in [1.807, 2.05) is 48.3 Å². The number of aromatic nitrogens is 2. The van der Waals surface area contributed by atoms with Crippen LogP contribution in [0.5, 0.6) is 0 Å². The molecule has 1 heterocycles. The van der Waals surface area contributed by atoms with Gasteiger partial charge in [-0.2, -0.15) is 0 Å². The van der Waals surface area contributed by atoms with Crippen LogP contribution in [0, 0.1) is 0 Å². The first-order valence-electron chi connectivity index (χ1n) is 11.7. The lowest BCUT2D eigenvalue weighted by Crippen LogP contribution is -2.28. The fraction of sp³-hybridized carbons (Fsp3) is 0.214. The Bertz CT molecular complexity index is 1460. The van der Waals surface area contributed by atoms with Crippen molar-refractivity contribution in [3.8, 4) is 0 Å². The van der Waals surface area contributed by atoms with E-state index in [0.29, 0.717) is 30.5 Å². The van der Waals surface area contributed by atoms with Crippen molar-refractivity contribution in [2.24, 2.45) is 0 Å². The van der Waals surface area contributed by atoms with Gasteiger partial charge in [-0.1, -0.05) is 55.5 Å². The number of nitrogens with one attached hydrogen (secondary N) is 2. The minimum absolute atomic E-state index is 0.0248. The standard InChI is InChI=1S/C28H28N4O4/c1-3-18-6-4-7-20(14-18)15-29-27(34)25-30-23-9-5-8-22(24(23)26(33)31-25)17-32(2)16-19-10-12-21(13-11-19)28(35)36/h4-14H,3,15-17H2,1-2H3,(H,29,34)(H,35,36)(H,30,31,33). The molecular formula is C28H28N4O4. The third-order valence-electron chi connectivity index (χ3n) is 5.98. The molecule has 0 atom stereocenters. The van der Waals surface area contributed by atoms with Crippen LogP contribution in [0.25, 0.3) is 10.9 Å². The number of hydrogen-bond donors (Lipinski definition) is 3. The van der Waals surface area contributed by atoms with Gasteiger partial charge in [-0.15, -0.1) is 0 Å². The second-order valence-corrected chi connectivity index (χ2v) is 8.76. The van der Waals surface area contributed by atoms with Gasteiger partial charge in [0, 0.05) is 19.6 Å². The number of hydrogen-bond acceptors (Lipinski definition) is 5. The number of aromatic amines is 1. The molecule has 36 heavy (non-hydrogen) atoms. The monoisotopic (exact) mass is 484 g/mol. The average Bonchev–Trinajstić information content (AvgIpc) is 2.87. The van der Waals surface area contributed by atoms with Crippen LogP contribution in [-0.2, 0) is 26.1 Å². The van der Waals surface area contributed by atoms with Gasteiger partial charge in [0.25, 0.3) is 11.5 Å². The number of benzene rings is 3. The smallest absolute Gasteiger partial charge is 0.335 e. The molecule has 0 spiro atoms. The average molecular weight is 485 g/mol. The molecule has 184 valence electrons. The molecule has 8 nitrogen and oxygen atoms in total. The van der Waals surface area contributed by atoms with E-state index in [0.717, 1.165) is 23.1 Å². The number of nitrogens with zero attached hydrogens (tertiary/aromatic N) is 2. The van der Waals surface area contributed by atoms with Gasteiger partial charge in [0.2, 0.25) is 0 Å². The van der Waals surface area contributed by atoms with Crippen molar-refractivity contribution >= 4 is 22.8 Å². The summed E-state index contributed by atoms with van der Waals surface area (Å²) >= 11 is 0. The van der Waals surface area contributed by atoms with Gasteiger partial charge in [0.1, 0.15) is 0 Å². The Kier molecular flexibility index (Phi) is 7.56. The zero-order valence-corrected chi connectivity index (χ0v) is 20.2. The molecule has 0 bridgehead atoms. The van der Waals surface area contributed by atoms with E-state index in [9.17, 15) is 14.4 Å². The number of rotatable bonds is 9. The predicted molar refractivity (Wildman–Crippen MR) is 138 cm³/mol. The van der Waals surface area contributed by atoms with E-state index in [4.69, 9.17) is 5.11 Å². The number of carbonyl (C=O) groups excluding carboxylic acids is 1. The topological polar surface area (TPSA) is 115 Å². The molecule has 0 aliphatic heterocycles. The van der Waals surface area contributed by atoms with Crippen molar-refractivity contribution in [1.29, 1.82) is 0 Å². The summed E-state index contributed by atoms with van der Waals surface area (Å²) in [6.45, 7) is 3.46. The molecule has 0 unspecified atom stereocenters. The summed E-state index contributed by atoms with van der Waals surface area (Å²) < 4.78 is 0. The number of aryl methyl sites for hydroxylation is 1. The summed E-state index contributed by atoms with van der Waals surface area (Å²) in [4.78, 5) is 45.8. The second-order valence-electron chi connectivity index (χ2n) is 8.76. The molecule has 1 amide bonds. The highest BCUT2D eigenvalue weighted by molar-refractivity contribution is 5.93. The second kappa shape index (κ2) is 11.0. The predicted octanol–water partition coefficient (Wildman–Crippen LogP) is 3.75. The first kappa shape index (κ1) is 24.8. The third kappa shape index (κ3) is 5.84. The number of carboxylic acid groups (broad SMARTS) is 1. The Morgan fingerprint density at radius 2 is 1.69 bits per heavy atom. The summed E-state index contributed by atoms with van der Waals surface area (Å²) in [6, 6.07) is 20.1.